The highest BCUT2D eigenvalue weighted by molar-refractivity contribution is 5.91. The van der Waals surface area contributed by atoms with Gasteiger partial charge in [0.05, 0.1) is 12.5 Å². The Kier molecular flexibility index (Phi) is 15.8. The lowest BCUT2D eigenvalue weighted by molar-refractivity contribution is -0.160. The van der Waals surface area contributed by atoms with E-state index in [1.807, 2.05) is 0 Å². The summed E-state index contributed by atoms with van der Waals surface area (Å²) in [6.45, 7) is 9.18. The van der Waals surface area contributed by atoms with E-state index in [-0.39, 0.29) is 12.0 Å². The molecule has 0 unspecified atom stereocenters. The normalized spacial score (nSPS) is 13.5. The molecule has 2 aromatic rings. The zero-order valence-electron chi connectivity index (χ0n) is 25.0. The van der Waals surface area contributed by atoms with Crippen LogP contribution in [0.4, 0.5) is 8.78 Å². The third-order valence-corrected chi connectivity index (χ3v) is 7.34. The number of carbonyl (C=O) groups excluding carboxylic acids is 2. The number of hydrogen-bond acceptors (Lipinski definition) is 4. The van der Waals surface area contributed by atoms with Crippen LogP contribution >= 0.6 is 0 Å². The Balaban J connectivity index is 1.77. The number of hydrogen-bond donors (Lipinski definition) is 3. The monoisotopic (exact) mass is 596 g/mol. The zero-order chi connectivity index (χ0) is 31.7. The first-order valence-electron chi connectivity index (χ1n) is 15.2. The van der Waals surface area contributed by atoms with Crippen molar-refractivity contribution in [1.29, 1.82) is 0 Å². The van der Waals surface area contributed by atoms with E-state index in [2.05, 4.69) is 12.2 Å². The summed E-state index contributed by atoms with van der Waals surface area (Å²) < 4.78 is 27.2. The number of rotatable bonds is 21. The highest BCUT2D eigenvalue weighted by Crippen LogP contribution is 2.24. The molecule has 0 bridgehead atoms. The SMILES string of the molecule is [CH][C@@](O)(C(=O)O)[C@H](/C=C/CCCCCCC(=O)CCCCCCC)C(=O)N[CH]Cc1ccc(-c2ccc(F)cc2F)cc1. The van der Waals surface area contributed by atoms with Crippen molar-refractivity contribution < 1.29 is 33.4 Å². The Labute approximate surface area is 254 Å². The fourth-order valence-corrected chi connectivity index (χ4v) is 4.69. The molecular formula is C35H44F2NO5. The van der Waals surface area contributed by atoms with E-state index in [0.29, 0.717) is 30.6 Å². The van der Waals surface area contributed by atoms with Crippen LogP contribution in [0, 0.1) is 31.0 Å². The van der Waals surface area contributed by atoms with Crippen molar-refractivity contribution in [2.24, 2.45) is 5.92 Å². The van der Waals surface area contributed by atoms with Gasteiger partial charge in [0.15, 0.2) is 5.60 Å². The first kappa shape index (κ1) is 35.8. The van der Waals surface area contributed by atoms with Crippen LogP contribution in [-0.4, -0.2) is 33.5 Å². The number of carbonyl (C=O) groups is 3. The molecule has 0 fully saturated rings. The van der Waals surface area contributed by atoms with Crippen LogP contribution in [0.2, 0.25) is 0 Å². The Morgan fingerprint density at radius 2 is 1.56 bits per heavy atom. The van der Waals surface area contributed by atoms with Gasteiger partial charge in [0.25, 0.3) is 0 Å². The molecule has 2 rings (SSSR count). The lowest BCUT2D eigenvalue weighted by atomic mass is 9.87. The lowest BCUT2D eigenvalue weighted by Crippen LogP contribution is -2.49. The second kappa shape index (κ2) is 19.0. The number of nitrogens with one attached hydrogen (secondary N) is 1. The van der Waals surface area contributed by atoms with E-state index < -0.39 is 35.0 Å². The maximum absolute atomic E-state index is 14.0. The molecule has 8 heteroatoms. The van der Waals surface area contributed by atoms with Gasteiger partial charge in [-0.15, -0.1) is 0 Å². The number of amides is 1. The molecule has 0 aliphatic heterocycles. The van der Waals surface area contributed by atoms with Crippen LogP contribution in [0.15, 0.2) is 54.6 Å². The standard InChI is InChI=1S/C35H44F2NO5/c1-3-4-5-8-11-14-29(39)15-12-9-6-7-10-13-16-31(35(2,43)34(41)42)33(40)38-24-23-26-17-19-27(20-18-26)30-22-21-28(36)25-32(30)37/h2,13,16-22,24-25,31,43H,3-12,14-15,23H2,1H3,(H,38,40)(H,41,42)/b16-13+/t31-,35+/m1/s1. The van der Waals surface area contributed by atoms with Crippen molar-refractivity contribution in [2.45, 2.75) is 96.0 Å². The van der Waals surface area contributed by atoms with Crippen LogP contribution in [0.5, 0.6) is 0 Å². The van der Waals surface area contributed by atoms with Gasteiger partial charge in [0, 0.05) is 31.4 Å². The smallest absolute Gasteiger partial charge is 0.337 e. The molecule has 0 aliphatic carbocycles. The van der Waals surface area contributed by atoms with Gasteiger partial charge in [-0.3, -0.25) is 9.59 Å². The van der Waals surface area contributed by atoms with Gasteiger partial charge >= 0.3 is 5.97 Å². The first-order chi connectivity index (χ1) is 20.6. The molecule has 2 aromatic carbocycles. The number of aliphatic hydroxyl groups is 1. The molecule has 0 saturated heterocycles. The summed E-state index contributed by atoms with van der Waals surface area (Å²) >= 11 is 0. The summed E-state index contributed by atoms with van der Waals surface area (Å²) in [5.41, 5.74) is -1.21. The number of unbranched alkanes of at least 4 members (excludes halogenated alkanes) is 8. The van der Waals surface area contributed by atoms with Crippen LogP contribution in [0.1, 0.15) is 89.5 Å². The largest absolute Gasteiger partial charge is 0.479 e. The second-order valence-electron chi connectivity index (χ2n) is 10.9. The number of allylic oxidation sites excluding steroid dienone is 1. The topological polar surface area (TPSA) is 104 Å². The number of carboxylic acid groups (broad SMARTS) is 1. The Morgan fingerprint density at radius 1 is 0.930 bits per heavy atom. The number of halogens is 2. The van der Waals surface area contributed by atoms with Gasteiger partial charge in [-0.2, -0.15) is 0 Å². The molecule has 0 spiro atoms. The van der Waals surface area contributed by atoms with E-state index in [1.165, 1.54) is 44.0 Å². The van der Waals surface area contributed by atoms with E-state index in [4.69, 9.17) is 6.92 Å². The van der Waals surface area contributed by atoms with Crippen molar-refractivity contribution in [2.75, 3.05) is 0 Å². The molecule has 2 atom stereocenters. The van der Waals surface area contributed by atoms with Crippen molar-refractivity contribution in [3.05, 3.63) is 85.3 Å². The van der Waals surface area contributed by atoms with Crippen molar-refractivity contribution in [3.8, 4) is 11.1 Å². The molecule has 0 heterocycles. The summed E-state index contributed by atoms with van der Waals surface area (Å²) in [7, 11) is 0. The molecule has 233 valence electrons. The van der Waals surface area contributed by atoms with Gasteiger partial charge in [0.1, 0.15) is 17.4 Å². The van der Waals surface area contributed by atoms with E-state index in [9.17, 15) is 33.4 Å². The molecule has 1 amide bonds. The molecule has 3 radical (unpaired) electrons. The van der Waals surface area contributed by atoms with Gasteiger partial charge < -0.3 is 15.5 Å². The summed E-state index contributed by atoms with van der Waals surface area (Å²) in [5, 5.41) is 22.2. The minimum absolute atomic E-state index is 0.259. The third kappa shape index (κ3) is 12.8. The highest BCUT2D eigenvalue weighted by Gasteiger charge is 2.42. The quantitative estimate of drug-likeness (QED) is 0.103. The lowest BCUT2D eigenvalue weighted by Gasteiger charge is -2.25. The number of ketones is 1. The average Bonchev–Trinajstić information content (AvgIpc) is 2.96. The Morgan fingerprint density at radius 3 is 2.16 bits per heavy atom. The summed E-state index contributed by atoms with van der Waals surface area (Å²) in [6.07, 6.45) is 14.1. The summed E-state index contributed by atoms with van der Waals surface area (Å²) in [6, 6.07) is 10.1. The first-order valence-corrected chi connectivity index (χ1v) is 15.2. The van der Waals surface area contributed by atoms with Gasteiger partial charge in [-0.05, 0) is 55.4 Å². The van der Waals surface area contributed by atoms with Crippen LogP contribution in [-0.2, 0) is 20.8 Å². The molecule has 43 heavy (non-hydrogen) atoms. The van der Waals surface area contributed by atoms with Crippen molar-refractivity contribution in [3.63, 3.8) is 0 Å². The number of aliphatic carboxylic acids is 1. The Bertz CT molecular complexity index is 1190. The zero-order valence-corrected chi connectivity index (χ0v) is 25.0. The predicted molar refractivity (Wildman–Crippen MR) is 164 cm³/mol. The van der Waals surface area contributed by atoms with Crippen molar-refractivity contribution >= 4 is 17.7 Å². The molecule has 0 aromatic heterocycles. The molecule has 6 nitrogen and oxygen atoms in total. The maximum atomic E-state index is 14.0. The van der Waals surface area contributed by atoms with Crippen LogP contribution in [0.3, 0.4) is 0 Å². The highest BCUT2D eigenvalue weighted by atomic mass is 19.1. The van der Waals surface area contributed by atoms with E-state index in [0.717, 1.165) is 50.2 Å². The van der Waals surface area contributed by atoms with Crippen molar-refractivity contribution in [1.82, 2.24) is 5.32 Å². The van der Waals surface area contributed by atoms with Gasteiger partial charge in [-0.1, -0.05) is 81.9 Å². The minimum atomic E-state index is -2.80. The summed E-state index contributed by atoms with van der Waals surface area (Å²) in [4.78, 5) is 36.3. The fourth-order valence-electron chi connectivity index (χ4n) is 4.69. The average molecular weight is 597 g/mol. The number of carboxylic acids is 1. The predicted octanol–water partition coefficient (Wildman–Crippen LogP) is 7.42. The summed E-state index contributed by atoms with van der Waals surface area (Å²) in [5.74, 6) is -5.05. The molecule has 3 N–H and O–H groups in total. The minimum Gasteiger partial charge on any atom is -0.479 e. The Hall–Kier alpha value is -3.39. The van der Waals surface area contributed by atoms with Gasteiger partial charge in [-0.25, -0.2) is 13.6 Å². The van der Waals surface area contributed by atoms with Gasteiger partial charge in [0.2, 0.25) is 5.91 Å². The fraction of sp³-hybridized carbons (Fsp3) is 0.457. The molecule has 0 aliphatic rings. The second-order valence-corrected chi connectivity index (χ2v) is 10.9. The van der Waals surface area contributed by atoms with Crippen LogP contribution < -0.4 is 5.32 Å². The third-order valence-electron chi connectivity index (χ3n) is 7.34. The molecular weight excluding hydrogens is 552 g/mol. The van der Waals surface area contributed by atoms with Crippen LogP contribution in [0.25, 0.3) is 11.1 Å². The van der Waals surface area contributed by atoms with E-state index >= 15 is 0 Å². The maximum Gasteiger partial charge on any atom is 0.337 e. The number of Topliss-reactive ketones (excluding diaryl/α,β-unsaturated/α-hetero) is 1. The van der Waals surface area contributed by atoms with E-state index in [1.54, 1.807) is 30.3 Å². The number of benzene rings is 2. The molecule has 0 saturated carbocycles.